The molecule has 3 heterocycles. The van der Waals surface area contributed by atoms with E-state index in [1.807, 2.05) is 18.2 Å². The summed E-state index contributed by atoms with van der Waals surface area (Å²) in [6.07, 6.45) is 3.53. The molecule has 5 rings (SSSR count). The van der Waals surface area contributed by atoms with Gasteiger partial charge >= 0.3 is 0 Å². The lowest BCUT2D eigenvalue weighted by Gasteiger charge is -2.48. The summed E-state index contributed by atoms with van der Waals surface area (Å²) in [6.45, 7) is 6.43. The number of nitrogens with one attached hydrogen (secondary N) is 2. The van der Waals surface area contributed by atoms with E-state index >= 15 is 0 Å². The maximum Gasteiger partial charge on any atom is 0.249 e. The third-order valence-electron chi connectivity index (χ3n) is 8.15. The largest absolute Gasteiger partial charge is 0.484 e. The number of rotatable bonds is 11. The van der Waals surface area contributed by atoms with Crippen LogP contribution in [0.4, 0.5) is 0 Å². The molecule has 9 nitrogen and oxygen atoms in total. The third kappa shape index (κ3) is 6.33. The Balaban J connectivity index is 1.35. The molecule has 1 amide bonds. The summed E-state index contributed by atoms with van der Waals surface area (Å²) in [4.78, 5) is 17.4. The van der Waals surface area contributed by atoms with Crippen LogP contribution in [0.15, 0.2) is 24.3 Å². The van der Waals surface area contributed by atoms with Crippen LogP contribution >= 0.6 is 11.6 Å². The SMILES string of the molecule is COC(C)C(=O)N[C@@H](Cc1ccc2c(c1)OCO2)[C@H](O)CN[C@H]1CC2(CCC2)Oc2c1cc(CC(C)C)nc2Cl. The van der Waals surface area contributed by atoms with Crippen LogP contribution in [0.3, 0.4) is 0 Å². The number of halogens is 1. The van der Waals surface area contributed by atoms with E-state index in [0.29, 0.717) is 34.7 Å². The Kier molecular flexibility index (Phi) is 8.75. The fourth-order valence-electron chi connectivity index (χ4n) is 5.67. The number of aliphatic hydroxyl groups is 1. The van der Waals surface area contributed by atoms with Crippen LogP contribution in [-0.2, 0) is 22.4 Å². The van der Waals surface area contributed by atoms with Crippen molar-refractivity contribution in [3.63, 3.8) is 0 Å². The third-order valence-corrected chi connectivity index (χ3v) is 8.40. The fourth-order valence-corrected chi connectivity index (χ4v) is 5.93. The van der Waals surface area contributed by atoms with Crippen LogP contribution in [-0.4, -0.2) is 60.3 Å². The number of fused-ring (bicyclic) bond motifs is 2. The van der Waals surface area contributed by atoms with Crippen molar-refractivity contribution in [3.8, 4) is 17.2 Å². The van der Waals surface area contributed by atoms with Crippen LogP contribution < -0.4 is 24.8 Å². The number of aliphatic hydroxyl groups excluding tert-OH is 1. The van der Waals surface area contributed by atoms with E-state index in [-0.39, 0.29) is 30.9 Å². The number of carbonyl (C=O) groups excluding carboxylic acids is 1. The normalized spacial score (nSPS) is 20.8. The number of hydrogen-bond donors (Lipinski definition) is 3. The van der Waals surface area contributed by atoms with E-state index in [0.717, 1.165) is 48.9 Å². The summed E-state index contributed by atoms with van der Waals surface area (Å²) in [5, 5.41) is 18.4. The van der Waals surface area contributed by atoms with E-state index in [1.165, 1.54) is 7.11 Å². The summed E-state index contributed by atoms with van der Waals surface area (Å²) in [7, 11) is 1.49. The van der Waals surface area contributed by atoms with E-state index in [2.05, 4.69) is 35.5 Å². The van der Waals surface area contributed by atoms with Crippen molar-refractivity contribution in [3.05, 3.63) is 46.2 Å². The molecule has 3 N–H and O–H groups in total. The molecule has 2 aromatic rings. The number of methoxy groups -OCH3 is 1. The fraction of sp³-hybridized carbons (Fsp3) is 0.600. The van der Waals surface area contributed by atoms with Crippen molar-refractivity contribution in [1.82, 2.24) is 15.6 Å². The van der Waals surface area contributed by atoms with Crippen molar-refractivity contribution in [1.29, 1.82) is 0 Å². The standard InChI is InChI=1S/C30H40ClN3O6/c1-17(2)10-20-13-21-23(14-30(8-5-9-30)40-27(21)28(31)33-20)32-15-24(35)22(34-29(36)18(3)37-4)11-19-6-7-25-26(12-19)39-16-38-25/h6-7,12-13,17-18,22-24,32,35H,5,8-11,14-16H2,1-4H3,(H,34,36)/t18?,22-,23-,24+/m0/s1. The molecule has 1 saturated carbocycles. The van der Waals surface area contributed by atoms with Gasteiger partial charge in [-0.3, -0.25) is 4.79 Å². The predicted octanol–water partition coefficient (Wildman–Crippen LogP) is 4.12. The molecule has 218 valence electrons. The average Bonchev–Trinajstić information content (AvgIpc) is 3.37. The first-order chi connectivity index (χ1) is 19.2. The lowest BCUT2D eigenvalue weighted by molar-refractivity contribution is -0.131. The van der Waals surface area contributed by atoms with Gasteiger partial charge in [0, 0.05) is 37.4 Å². The molecule has 1 spiro atoms. The Hall–Kier alpha value is -2.59. The van der Waals surface area contributed by atoms with Crippen molar-refractivity contribution in [2.45, 2.75) is 89.2 Å². The summed E-state index contributed by atoms with van der Waals surface area (Å²) in [5.74, 6) is 2.15. The van der Waals surface area contributed by atoms with Crippen LogP contribution in [0.1, 0.15) is 69.3 Å². The van der Waals surface area contributed by atoms with Crippen LogP contribution in [0.25, 0.3) is 0 Å². The minimum Gasteiger partial charge on any atom is -0.484 e. The number of amides is 1. The molecular weight excluding hydrogens is 534 g/mol. The average molecular weight is 574 g/mol. The molecule has 10 heteroatoms. The van der Waals surface area contributed by atoms with Gasteiger partial charge in [0.15, 0.2) is 22.4 Å². The highest BCUT2D eigenvalue weighted by Crippen LogP contribution is 2.50. The van der Waals surface area contributed by atoms with Crippen molar-refractivity contribution in [2.24, 2.45) is 5.92 Å². The molecule has 0 bridgehead atoms. The van der Waals surface area contributed by atoms with Crippen LogP contribution in [0, 0.1) is 5.92 Å². The highest BCUT2D eigenvalue weighted by Gasteiger charge is 2.46. The molecule has 2 aliphatic heterocycles. The Labute approximate surface area is 240 Å². The van der Waals surface area contributed by atoms with Gasteiger partial charge in [-0.25, -0.2) is 4.98 Å². The van der Waals surface area contributed by atoms with Gasteiger partial charge in [0.1, 0.15) is 11.7 Å². The topological polar surface area (TPSA) is 111 Å². The van der Waals surface area contributed by atoms with Crippen molar-refractivity contribution >= 4 is 17.5 Å². The highest BCUT2D eigenvalue weighted by molar-refractivity contribution is 6.31. The van der Waals surface area contributed by atoms with Gasteiger partial charge < -0.3 is 34.7 Å². The smallest absolute Gasteiger partial charge is 0.249 e. The molecular formula is C30H40ClN3O6. The number of benzene rings is 1. The zero-order valence-electron chi connectivity index (χ0n) is 23.7. The number of carbonyl (C=O) groups is 1. The van der Waals surface area contributed by atoms with Gasteiger partial charge in [0.05, 0.1) is 12.1 Å². The highest BCUT2D eigenvalue weighted by atomic mass is 35.5. The molecule has 40 heavy (non-hydrogen) atoms. The molecule has 1 aliphatic carbocycles. The van der Waals surface area contributed by atoms with Gasteiger partial charge in [-0.15, -0.1) is 0 Å². The van der Waals surface area contributed by atoms with Crippen molar-refractivity contribution < 1.29 is 28.8 Å². The quantitative estimate of drug-likeness (QED) is 0.344. The summed E-state index contributed by atoms with van der Waals surface area (Å²) in [6, 6.07) is 7.12. The first-order valence-corrected chi connectivity index (χ1v) is 14.6. The second kappa shape index (κ2) is 12.1. The maximum atomic E-state index is 12.8. The summed E-state index contributed by atoms with van der Waals surface area (Å²) in [5.41, 5.74) is 2.57. The van der Waals surface area contributed by atoms with Gasteiger partial charge in [-0.2, -0.15) is 0 Å². The summed E-state index contributed by atoms with van der Waals surface area (Å²) >= 11 is 6.66. The monoisotopic (exact) mass is 573 g/mol. The van der Waals surface area contributed by atoms with Gasteiger partial charge in [0.2, 0.25) is 12.7 Å². The van der Waals surface area contributed by atoms with Gasteiger partial charge in [-0.05, 0) is 68.7 Å². The lowest BCUT2D eigenvalue weighted by atomic mass is 9.73. The first kappa shape index (κ1) is 28.9. The molecule has 4 atom stereocenters. The summed E-state index contributed by atoms with van der Waals surface area (Å²) < 4.78 is 22.6. The minimum atomic E-state index is -0.880. The molecule has 0 radical (unpaired) electrons. The Morgan fingerprint density at radius 3 is 2.67 bits per heavy atom. The maximum absolute atomic E-state index is 12.8. The number of aromatic nitrogens is 1. The zero-order chi connectivity index (χ0) is 28.4. The number of pyridine rings is 1. The van der Waals surface area contributed by atoms with Crippen LogP contribution in [0.2, 0.25) is 5.15 Å². The minimum absolute atomic E-state index is 0.0649. The van der Waals surface area contributed by atoms with Crippen LogP contribution in [0.5, 0.6) is 17.2 Å². The lowest BCUT2D eigenvalue weighted by Crippen LogP contribution is -2.53. The molecule has 1 fully saturated rings. The van der Waals surface area contributed by atoms with E-state index in [4.69, 9.17) is 30.5 Å². The second-order valence-electron chi connectivity index (χ2n) is 11.7. The molecule has 0 saturated heterocycles. The predicted molar refractivity (Wildman–Crippen MR) is 151 cm³/mol. The van der Waals surface area contributed by atoms with Gasteiger partial charge in [-0.1, -0.05) is 31.5 Å². The van der Waals surface area contributed by atoms with Gasteiger partial charge in [0.25, 0.3) is 0 Å². The van der Waals surface area contributed by atoms with E-state index < -0.39 is 18.2 Å². The number of ether oxygens (including phenoxy) is 4. The zero-order valence-corrected chi connectivity index (χ0v) is 24.4. The molecule has 1 aromatic carbocycles. The second-order valence-corrected chi connectivity index (χ2v) is 12.0. The molecule has 1 aromatic heterocycles. The number of nitrogens with zero attached hydrogens (tertiary/aromatic N) is 1. The van der Waals surface area contributed by atoms with Crippen molar-refractivity contribution in [2.75, 3.05) is 20.4 Å². The van der Waals surface area contributed by atoms with E-state index in [1.54, 1.807) is 6.92 Å². The Morgan fingerprint density at radius 2 is 1.98 bits per heavy atom. The Bertz CT molecular complexity index is 1220. The number of hydrogen-bond acceptors (Lipinski definition) is 8. The molecule has 3 aliphatic rings. The van der Waals surface area contributed by atoms with E-state index in [9.17, 15) is 9.90 Å². The first-order valence-electron chi connectivity index (χ1n) is 14.2. The molecule has 1 unspecified atom stereocenters. The Morgan fingerprint density at radius 1 is 1.20 bits per heavy atom.